The number of carbonyl (C=O) groups is 4. The summed E-state index contributed by atoms with van der Waals surface area (Å²) in [6.45, 7) is 7.93. The molecular weight excluding hydrogens is 400 g/mol. The highest BCUT2D eigenvalue weighted by Gasteiger charge is 2.34. The van der Waals surface area contributed by atoms with E-state index in [0.717, 1.165) is 12.2 Å². The number of aromatic carboxylic acids is 1. The second-order valence-corrected chi connectivity index (χ2v) is 6.91. The van der Waals surface area contributed by atoms with Gasteiger partial charge in [0.15, 0.2) is 5.78 Å². The quantitative estimate of drug-likeness (QED) is 0.355. The number of ether oxygens (including phenoxy) is 2. The predicted molar refractivity (Wildman–Crippen MR) is 113 cm³/mol. The standard InChI is InChI=1S/C24H22O7/c1-4-20(25)30-14-24(3,15-31-21(26)5-2)19-13-9-8-12-18(19)22(27)16-10-6-7-11-17(16)23(28)29/h4-13H,1-2,14-15H2,3H3,(H,28,29). The molecule has 0 radical (unpaired) electrons. The zero-order valence-corrected chi connectivity index (χ0v) is 17.0. The lowest BCUT2D eigenvalue weighted by Gasteiger charge is -2.30. The molecule has 0 saturated carbocycles. The molecule has 0 saturated heterocycles. The number of carbonyl (C=O) groups excluding carboxylic acids is 3. The Morgan fingerprint density at radius 2 is 1.29 bits per heavy atom. The van der Waals surface area contributed by atoms with Crippen molar-refractivity contribution < 1.29 is 33.8 Å². The lowest BCUT2D eigenvalue weighted by Crippen LogP contribution is -2.37. The second-order valence-electron chi connectivity index (χ2n) is 6.91. The van der Waals surface area contributed by atoms with E-state index < -0.39 is 29.1 Å². The Labute approximate surface area is 179 Å². The molecule has 0 fully saturated rings. The maximum Gasteiger partial charge on any atom is 0.336 e. The molecule has 0 bridgehead atoms. The van der Waals surface area contributed by atoms with Gasteiger partial charge in [0.05, 0.1) is 11.0 Å². The molecule has 2 aromatic rings. The maximum atomic E-state index is 13.3. The van der Waals surface area contributed by atoms with Crippen molar-refractivity contribution in [3.63, 3.8) is 0 Å². The fourth-order valence-corrected chi connectivity index (χ4v) is 3.00. The molecule has 31 heavy (non-hydrogen) atoms. The smallest absolute Gasteiger partial charge is 0.336 e. The largest absolute Gasteiger partial charge is 0.478 e. The molecule has 0 unspecified atom stereocenters. The third kappa shape index (κ3) is 5.54. The van der Waals surface area contributed by atoms with Crippen LogP contribution in [-0.2, 0) is 24.5 Å². The summed E-state index contributed by atoms with van der Waals surface area (Å²) < 4.78 is 10.4. The molecule has 7 heteroatoms. The number of rotatable bonds is 10. The van der Waals surface area contributed by atoms with Gasteiger partial charge in [0.2, 0.25) is 0 Å². The van der Waals surface area contributed by atoms with Gasteiger partial charge in [0, 0.05) is 23.3 Å². The first-order chi connectivity index (χ1) is 14.7. The van der Waals surface area contributed by atoms with Crippen molar-refractivity contribution >= 4 is 23.7 Å². The number of hydrogen-bond donors (Lipinski definition) is 1. The van der Waals surface area contributed by atoms with E-state index in [9.17, 15) is 24.3 Å². The summed E-state index contributed by atoms with van der Waals surface area (Å²) in [5, 5.41) is 9.45. The van der Waals surface area contributed by atoms with Crippen molar-refractivity contribution in [1.82, 2.24) is 0 Å². The van der Waals surface area contributed by atoms with E-state index in [2.05, 4.69) is 13.2 Å². The predicted octanol–water partition coefficient (Wildman–Crippen LogP) is 3.33. The summed E-state index contributed by atoms with van der Waals surface area (Å²) >= 11 is 0. The number of carboxylic acid groups (broad SMARTS) is 1. The molecule has 2 rings (SSSR count). The van der Waals surface area contributed by atoms with Gasteiger partial charge in [0.1, 0.15) is 13.2 Å². The number of carboxylic acids is 1. The van der Waals surface area contributed by atoms with Gasteiger partial charge < -0.3 is 14.6 Å². The van der Waals surface area contributed by atoms with E-state index in [1.807, 2.05) is 0 Å². The summed E-state index contributed by atoms with van der Waals surface area (Å²) in [6, 6.07) is 12.4. The first kappa shape index (κ1) is 23.3. The number of esters is 2. The minimum Gasteiger partial charge on any atom is -0.478 e. The van der Waals surface area contributed by atoms with Crippen molar-refractivity contribution in [2.75, 3.05) is 13.2 Å². The van der Waals surface area contributed by atoms with E-state index in [4.69, 9.17) is 9.47 Å². The van der Waals surface area contributed by atoms with Crippen LogP contribution in [0.5, 0.6) is 0 Å². The van der Waals surface area contributed by atoms with E-state index in [-0.39, 0.29) is 29.9 Å². The highest BCUT2D eigenvalue weighted by Crippen LogP contribution is 2.30. The molecule has 7 nitrogen and oxygen atoms in total. The van der Waals surface area contributed by atoms with Crippen LogP contribution < -0.4 is 0 Å². The van der Waals surface area contributed by atoms with E-state index >= 15 is 0 Å². The molecule has 2 aromatic carbocycles. The van der Waals surface area contributed by atoms with Crippen LogP contribution in [0.15, 0.2) is 73.8 Å². The van der Waals surface area contributed by atoms with Gasteiger partial charge in [-0.25, -0.2) is 14.4 Å². The van der Waals surface area contributed by atoms with Gasteiger partial charge in [-0.3, -0.25) is 4.79 Å². The van der Waals surface area contributed by atoms with Crippen molar-refractivity contribution in [3.8, 4) is 0 Å². The Kier molecular flexibility index (Phi) is 7.63. The first-order valence-electron chi connectivity index (χ1n) is 9.28. The molecule has 0 spiro atoms. The molecule has 0 heterocycles. The highest BCUT2D eigenvalue weighted by atomic mass is 16.5. The summed E-state index contributed by atoms with van der Waals surface area (Å²) in [6.07, 6.45) is 1.99. The summed E-state index contributed by atoms with van der Waals surface area (Å²) in [5.41, 5.74) is -0.616. The van der Waals surface area contributed by atoms with Crippen LogP contribution in [0.4, 0.5) is 0 Å². The Bertz CT molecular complexity index is 1010. The van der Waals surface area contributed by atoms with E-state index in [0.29, 0.717) is 5.56 Å². The molecule has 0 atom stereocenters. The van der Waals surface area contributed by atoms with Crippen LogP contribution in [0.1, 0.15) is 38.8 Å². The normalized spacial score (nSPS) is 10.6. The van der Waals surface area contributed by atoms with E-state index in [1.54, 1.807) is 37.3 Å². The van der Waals surface area contributed by atoms with Crippen LogP contribution in [0, 0.1) is 0 Å². The lowest BCUT2D eigenvalue weighted by molar-refractivity contribution is -0.143. The van der Waals surface area contributed by atoms with Gasteiger partial charge >= 0.3 is 17.9 Å². The van der Waals surface area contributed by atoms with Crippen molar-refractivity contribution in [2.45, 2.75) is 12.3 Å². The minimum absolute atomic E-state index is 0.0102. The van der Waals surface area contributed by atoms with Crippen molar-refractivity contribution in [2.24, 2.45) is 0 Å². The molecule has 1 N–H and O–H groups in total. The van der Waals surface area contributed by atoms with Crippen molar-refractivity contribution in [3.05, 3.63) is 96.1 Å². The first-order valence-corrected chi connectivity index (χ1v) is 9.28. The van der Waals surface area contributed by atoms with Gasteiger partial charge in [-0.05, 0) is 18.6 Å². The fourth-order valence-electron chi connectivity index (χ4n) is 3.00. The Morgan fingerprint density at radius 3 is 1.77 bits per heavy atom. The van der Waals surface area contributed by atoms with Crippen LogP contribution in [0.25, 0.3) is 0 Å². The minimum atomic E-state index is -1.23. The topological polar surface area (TPSA) is 107 Å². The zero-order chi connectivity index (χ0) is 23.0. The Morgan fingerprint density at radius 1 is 0.839 bits per heavy atom. The maximum absolute atomic E-state index is 13.3. The monoisotopic (exact) mass is 422 g/mol. The third-order valence-electron chi connectivity index (χ3n) is 4.62. The molecule has 0 aliphatic heterocycles. The molecule has 160 valence electrons. The molecule has 0 amide bonds. The Balaban J connectivity index is 2.55. The van der Waals surface area contributed by atoms with Crippen LogP contribution in [-0.4, -0.2) is 42.0 Å². The second kappa shape index (κ2) is 10.2. The van der Waals surface area contributed by atoms with Crippen LogP contribution >= 0.6 is 0 Å². The molecule has 0 aliphatic rings. The number of benzene rings is 2. The lowest BCUT2D eigenvalue weighted by atomic mass is 9.79. The van der Waals surface area contributed by atoms with Gasteiger partial charge in [-0.1, -0.05) is 55.6 Å². The van der Waals surface area contributed by atoms with Gasteiger partial charge in [-0.15, -0.1) is 0 Å². The third-order valence-corrected chi connectivity index (χ3v) is 4.62. The Hall–Kier alpha value is -4.00. The fraction of sp³-hybridized carbons (Fsp3) is 0.167. The SMILES string of the molecule is C=CC(=O)OCC(C)(COC(=O)C=C)c1ccccc1C(=O)c1ccccc1C(=O)O. The molecular formula is C24H22O7. The average molecular weight is 422 g/mol. The number of hydrogen-bond acceptors (Lipinski definition) is 6. The van der Waals surface area contributed by atoms with Crippen LogP contribution in [0.2, 0.25) is 0 Å². The molecule has 0 aromatic heterocycles. The molecule has 0 aliphatic carbocycles. The highest BCUT2D eigenvalue weighted by molar-refractivity contribution is 6.15. The summed E-state index contributed by atoms with van der Waals surface area (Å²) in [5.74, 6) is -3.11. The van der Waals surface area contributed by atoms with Gasteiger partial charge in [-0.2, -0.15) is 0 Å². The number of ketones is 1. The summed E-state index contributed by atoms with van der Waals surface area (Å²) in [7, 11) is 0. The van der Waals surface area contributed by atoms with Crippen molar-refractivity contribution in [1.29, 1.82) is 0 Å². The van der Waals surface area contributed by atoms with E-state index in [1.165, 1.54) is 18.2 Å². The van der Waals surface area contributed by atoms with Gasteiger partial charge in [0.25, 0.3) is 0 Å². The zero-order valence-electron chi connectivity index (χ0n) is 17.0. The van der Waals surface area contributed by atoms with Crippen LogP contribution in [0.3, 0.4) is 0 Å². The average Bonchev–Trinajstić information content (AvgIpc) is 2.80. The summed E-state index contributed by atoms with van der Waals surface area (Å²) in [4.78, 5) is 48.2.